The van der Waals surface area contributed by atoms with Gasteiger partial charge in [0.25, 0.3) is 0 Å². The summed E-state index contributed by atoms with van der Waals surface area (Å²) in [6, 6.07) is 6.46. The SMILES string of the molecule is O=P1(c2ccccc2F)CCCC1. The average molecular weight is 198 g/mol. The van der Waals surface area contributed by atoms with Gasteiger partial charge in [-0.2, -0.15) is 0 Å². The van der Waals surface area contributed by atoms with Crippen molar-refractivity contribution >= 4 is 12.4 Å². The summed E-state index contributed by atoms with van der Waals surface area (Å²) < 4.78 is 25.5. The maximum Gasteiger partial charge on any atom is 0.133 e. The quantitative estimate of drug-likeness (QED) is 0.634. The van der Waals surface area contributed by atoms with E-state index in [0.29, 0.717) is 17.6 Å². The van der Waals surface area contributed by atoms with E-state index in [1.54, 1.807) is 18.2 Å². The Morgan fingerprint density at radius 2 is 1.77 bits per heavy atom. The van der Waals surface area contributed by atoms with E-state index in [1.165, 1.54) is 6.07 Å². The van der Waals surface area contributed by atoms with E-state index in [2.05, 4.69) is 0 Å². The smallest absolute Gasteiger partial charge is 0.133 e. The van der Waals surface area contributed by atoms with Crippen LogP contribution in [0.25, 0.3) is 0 Å². The Bertz CT molecular complexity index is 352. The molecule has 1 aliphatic heterocycles. The Morgan fingerprint density at radius 3 is 2.38 bits per heavy atom. The van der Waals surface area contributed by atoms with E-state index in [1.807, 2.05) is 0 Å². The monoisotopic (exact) mass is 198 g/mol. The van der Waals surface area contributed by atoms with Gasteiger partial charge >= 0.3 is 0 Å². The zero-order valence-corrected chi connectivity index (χ0v) is 8.27. The summed E-state index contributed by atoms with van der Waals surface area (Å²) in [5.41, 5.74) is 0. The minimum Gasteiger partial charge on any atom is -0.319 e. The van der Waals surface area contributed by atoms with Gasteiger partial charge in [-0.25, -0.2) is 4.39 Å². The van der Waals surface area contributed by atoms with Crippen molar-refractivity contribution in [2.75, 3.05) is 12.3 Å². The number of rotatable bonds is 1. The van der Waals surface area contributed by atoms with Crippen LogP contribution in [0.1, 0.15) is 12.8 Å². The fourth-order valence-electron chi connectivity index (χ4n) is 1.87. The Morgan fingerprint density at radius 1 is 1.15 bits per heavy atom. The molecule has 13 heavy (non-hydrogen) atoms. The van der Waals surface area contributed by atoms with E-state index in [9.17, 15) is 8.96 Å². The number of benzene rings is 1. The van der Waals surface area contributed by atoms with E-state index >= 15 is 0 Å². The van der Waals surface area contributed by atoms with Gasteiger partial charge in [-0.05, 0) is 25.0 Å². The van der Waals surface area contributed by atoms with Gasteiger partial charge < -0.3 is 4.57 Å². The van der Waals surface area contributed by atoms with Crippen molar-refractivity contribution in [1.82, 2.24) is 0 Å². The van der Waals surface area contributed by atoms with Crippen LogP contribution in [0, 0.1) is 5.82 Å². The van der Waals surface area contributed by atoms with Crippen molar-refractivity contribution in [1.29, 1.82) is 0 Å². The predicted molar refractivity (Wildman–Crippen MR) is 52.6 cm³/mol. The second kappa shape index (κ2) is 3.26. The van der Waals surface area contributed by atoms with Crippen LogP contribution >= 0.6 is 7.14 Å². The van der Waals surface area contributed by atoms with Crippen LogP contribution < -0.4 is 5.30 Å². The molecule has 0 radical (unpaired) electrons. The maximum absolute atomic E-state index is 13.3. The number of halogens is 1. The summed E-state index contributed by atoms with van der Waals surface area (Å²) in [6.45, 7) is 0. The van der Waals surface area contributed by atoms with E-state index in [-0.39, 0.29) is 5.82 Å². The van der Waals surface area contributed by atoms with Crippen LogP contribution in [0.4, 0.5) is 4.39 Å². The Hall–Kier alpha value is -0.620. The second-order valence-electron chi connectivity index (χ2n) is 3.50. The molecule has 0 unspecified atom stereocenters. The summed E-state index contributed by atoms with van der Waals surface area (Å²) in [5.74, 6) is -0.298. The molecule has 0 spiro atoms. The van der Waals surface area contributed by atoms with E-state index in [4.69, 9.17) is 0 Å². The number of hydrogen-bond donors (Lipinski definition) is 0. The van der Waals surface area contributed by atoms with Crippen LogP contribution in [0.15, 0.2) is 24.3 Å². The fourth-order valence-corrected chi connectivity index (χ4v) is 4.87. The molecule has 0 aliphatic carbocycles. The minimum absolute atomic E-state index is 0.298. The highest BCUT2D eigenvalue weighted by molar-refractivity contribution is 7.71. The first-order chi connectivity index (χ1) is 6.22. The lowest BCUT2D eigenvalue weighted by molar-refractivity contribution is 0.581. The third-order valence-corrected chi connectivity index (χ3v) is 5.90. The molecular weight excluding hydrogens is 186 g/mol. The van der Waals surface area contributed by atoms with Crippen molar-refractivity contribution in [3.8, 4) is 0 Å². The lowest BCUT2D eigenvalue weighted by Gasteiger charge is -2.11. The maximum atomic E-state index is 13.3. The van der Waals surface area contributed by atoms with E-state index in [0.717, 1.165) is 12.8 Å². The molecule has 1 aromatic carbocycles. The molecule has 1 nitrogen and oxygen atoms in total. The molecule has 0 amide bonds. The molecule has 2 rings (SSSR count). The van der Waals surface area contributed by atoms with Crippen molar-refractivity contribution in [2.45, 2.75) is 12.8 Å². The molecule has 1 fully saturated rings. The third-order valence-electron chi connectivity index (χ3n) is 2.58. The summed E-state index contributed by atoms with van der Waals surface area (Å²) in [7, 11) is -2.34. The predicted octanol–water partition coefficient (Wildman–Crippen LogP) is 2.61. The Kier molecular flexibility index (Phi) is 2.25. The van der Waals surface area contributed by atoms with Gasteiger partial charge in [-0.15, -0.1) is 0 Å². The summed E-state index contributed by atoms with van der Waals surface area (Å²) in [4.78, 5) is 0. The molecule has 0 bridgehead atoms. The molecule has 1 aromatic rings. The van der Waals surface area contributed by atoms with Crippen LogP contribution in [-0.2, 0) is 4.57 Å². The van der Waals surface area contributed by atoms with Gasteiger partial charge in [0.1, 0.15) is 13.0 Å². The molecule has 0 atom stereocenters. The van der Waals surface area contributed by atoms with Gasteiger partial charge in [0.15, 0.2) is 0 Å². The Labute approximate surface area is 77.3 Å². The van der Waals surface area contributed by atoms with E-state index < -0.39 is 7.14 Å². The molecule has 1 aliphatic rings. The largest absolute Gasteiger partial charge is 0.319 e. The van der Waals surface area contributed by atoms with Gasteiger partial charge in [0, 0.05) is 17.6 Å². The topological polar surface area (TPSA) is 17.1 Å². The molecule has 70 valence electrons. The first kappa shape index (κ1) is 8.96. The third kappa shape index (κ3) is 1.55. The highest BCUT2D eigenvalue weighted by atomic mass is 31.2. The average Bonchev–Trinajstić information content (AvgIpc) is 2.54. The normalized spacial score (nSPS) is 20.4. The van der Waals surface area contributed by atoms with Crippen LogP contribution in [-0.4, -0.2) is 12.3 Å². The van der Waals surface area contributed by atoms with Crippen LogP contribution in [0.5, 0.6) is 0 Å². The summed E-state index contributed by atoms with van der Waals surface area (Å²) in [5, 5.41) is 0.465. The first-order valence-electron chi connectivity index (χ1n) is 4.55. The highest BCUT2D eigenvalue weighted by Crippen LogP contribution is 2.51. The minimum atomic E-state index is -2.34. The van der Waals surface area contributed by atoms with Gasteiger partial charge in [0.2, 0.25) is 0 Å². The van der Waals surface area contributed by atoms with Gasteiger partial charge in [-0.3, -0.25) is 0 Å². The number of hydrogen-bond acceptors (Lipinski definition) is 1. The molecule has 0 N–H and O–H groups in total. The van der Waals surface area contributed by atoms with Gasteiger partial charge in [-0.1, -0.05) is 12.1 Å². The summed E-state index contributed by atoms with van der Waals surface area (Å²) in [6.07, 6.45) is 3.33. The molecule has 0 aromatic heterocycles. The first-order valence-corrected chi connectivity index (χ1v) is 6.63. The van der Waals surface area contributed by atoms with Crippen molar-refractivity contribution in [3.63, 3.8) is 0 Å². The second-order valence-corrected chi connectivity index (χ2v) is 6.65. The zero-order valence-electron chi connectivity index (χ0n) is 7.37. The Balaban J connectivity index is 2.45. The molecule has 0 saturated carbocycles. The molecule has 1 saturated heterocycles. The molecular formula is C10H12FOP. The molecule has 3 heteroatoms. The lowest BCUT2D eigenvalue weighted by Crippen LogP contribution is -2.10. The summed E-state index contributed by atoms with van der Waals surface area (Å²) >= 11 is 0. The van der Waals surface area contributed by atoms with Crippen molar-refractivity contribution in [3.05, 3.63) is 30.1 Å². The standard InChI is InChI=1S/C10H12FOP/c11-9-5-1-2-6-10(9)13(12)7-3-4-8-13/h1-2,5-6H,3-4,7-8H2. The highest BCUT2D eigenvalue weighted by Gasteiger charge is 2.30. The van der Waals surface area contributed by atoms with Gasteiger partial charge in [0.05, 0.1) is 0 Å². The molecule has 1 heterocycles. The zero-order chi connectivity index (χ0) is 9.31. The van der Waals surface area contributed by atoms with Crippen molar-refractivity contribution in [2.24, 2.45) is 0 Å². The van der Waals surface area contributed by atoms with Crippen molar-refractivity contribution < 1.29 is 8.96 Å². The van der Waals surface area contributed by atoms with Crippen LogP contribution in [0.2, 0.25) is 0 Å². The van der Waals surface area contributed by atoms with Crippen LogP contribution in [0.3, 0.4) is 0 Å². The fraction of sp³-hybridized carbons (Fsp3) is 0.400. The lowest BCUT2D eigenvalue weighted by atomic mass is 10.3.